The molecular weight excluding hydrogens is 280 g/mol. The molecule has 0 unspecified atom stereocenters. The van der Waals surface area contributed by atoms with Crippen molar-refractivity contribution in [1.82, 2.24) is 9.97 Å². The molecule has 2 aromatic rings. The van der Waals surface area contributed by atoms with Crippen molar-refractivity contribution in [1.29, 1.82) is 0 Å². The van der Waals surface area contributed by atoms with E-state index in [1.165, 1.54) is 0 Å². The van der Waals surface area contributed by atoms with Crippen molar-refractivity contribution in [2.45, 2.75) is 26.3 Å². The summed E-state index contributed by atoms with van der Waals surface area (Å²) in [5, 5.41) is 15.7. The summed E-state index contributed by atoms with van der Waals surface area (Å²) in [7, 11) is 0. The summed E-state index contributed by atoms with van der Waals surface area (Å²) in [6.45, 7) is 2.28. The van der Waals surface area contributed by atoms with Crippen LogP contribution in [0.5, 0.6) is 5.75 Å². The molecule has 0 atom stereocenters. The summed E-state index contributed by atoms with van der Waals surface area (Å²) < 4.78 is 0. The van der Waals surface area contributed by atoms with Crippen LogP contribution in [0.1, 0.15) is 24.2 Å². The molecule has 0 radical (unpaired) electrons. The molecule has 2 aromatic heterocycles. The molecule has 1 fully saturated rings. The van der Waals surface area contributed by atoms with E-state index in [9.17, 15) is 9.90 Å². The molecule has 3 rings (SSSR count). The summed E-state index contributed by atoms with van der Waals surface area (Å²) in [5.41, 5.74) is 2.24. The van der Waals surface area contributed by atoms with Gasteiger partial charge in [-0.3, -0.25) is 9.78 Å². The number of aromatic nitrogens is 2. The maximum absolute atomic E-state index is 11.6. The van der Waals surface area contributed by atoms with E-state index in [2.05, 4.69) is 20.6 Å². The van der Waals surface area contributed by atoms with Crippen LogP contribution in [0.2, 0.25) is 0 Å². The fourth-order valence-corrected chi connectivity index (χ4v) is 2.07. The lowest BCUT2D eigenvalue weighted by Gasteiger charge is -2.09. The van der Waals surface area contributed by atoms with Gasteiger partial charge in [0.25, 0.3) is 0 Å². The molecule has 6 nitrogen and oxygen atoms in total. The van der Waals surface area contributed by atoms with Crippen LogP contribution in [-0.4, -0.2) is 21.0 Å². The normalized spacial score (nSPS) is 13.7. The number of aromatic hydroxyl groups is 1. The minimum absolute atomic E-state index is 0.0436. The lowest BCUT2D eigenvalue weighted by molar-refractivity contribution is -0.117. The number of amides is 1. The quantitative estimate of drug-likeness (QED) is 0.789. The Bertz CT molecular complexity index is 681. The highest BCUT2D eigenvalue weighted by Crippen LogP contribution is 2.30. The number of anilines is 2. The van der Waals surface area contributed by atoms with E-state index in [1.54, 1.807) is 24.4 Å². The van der Waals surface area contributed by atoms with Crippen molar-refractivity contribution in [3.63, 3.8) is 0 Å². The largest absolute Gasteiger partial charge is 0.506 e. The van der Waals surface area contributed by atoms with Gasteiger partial charge in [-0.15, -0.1) is 0 Å². The zero-order valence-corrected chi connectivity index (χ0v) is 12.3. The maximum atomic E-state index is 11.6. The van der Waals surface area contributed by atoms with Gasteiger partial charge in [-0.2, -0.15) is 0 Å². The molecule has 0 aromatic carbocycles. The van der Waals surface area contributed by atoms with Gasteiger partial charge in [0, 0.05) is 11.6 Å². The fraction of sp³-hybridized carbons (Fsp3) is 0.312. The molecule has 0 saturated heterocycles. The van der Waals surface area contributed by atoms with Gasteiger partial charge in [0.15, 0.2) is 0 Å². The Labute approximate surface area is 128 Å². The van der Waals surface area contributed by atoms with E-state index < -0.39 is 0 Å². The third-order valence-corrected chi connectivity index (χ3v) is 3.51. The van der Waals surface area contributed by atoms with Gasteiger partial charge in [-0.1, -0.05) is 0 Å². The minimum Gasteiger partial charge on any atom is -0.506 e. The lowest BCUT2D eigenvalue weighted by Crippen LogP contribution is -2.14. The summed E-state index contributed by atoms with van der Waals surface area (Å²) in [6.07, 6.45) is 3.59. The number of carbonyl (C=O) groups is 1. The summed E-state index contributed by atoms with van der Waals surface area (Å²) in [4.78, 5) is 20.1. The number of nitrogens with zero attached hydrogens (tertiary/aromatic N) is 2. The highest BCUT2D eigenvalue weighted by atomic mass is 16.3. The van der Waals surface area contributed by atoms with Crippen LogP contribution in [-0.2, 0) is 11.3 Å². The van der Waals surface area contributed by atoms with Crippen LogP contribution in [0, 0.1) is 12.8 Å². The number of hydrogen-bond donors (Lipinski definition) is 3. The Morgan fingerprint density at radius 1 is 1.32 bits per heavy atom. The van der Waals surface area contributed by atoms with E-state index in [1.807, 2.05) is 13.0 Å². The number of aryl methyl sites for hydroxylation is 1. The van der Waals surface area contributed by atoms with Crippen molar-refractivity contribution in [3.8, 4) is 5.75 Å². The third-order valence-electron chi connectivity index (χ3n) is 3.51. The fourth-order valence-electron chi connectivity index (χ4n) is 2.07. The molecule has 1 saturated carbocycles. The second kappa shape index (κ2) is 6.01. The monoisotopic (exact) mass is 298 g/mol. The van der Waals surface area contributed by atoms with Crippen molar-refractivity contribution in [2.24, 2.45) is 5.92 Å². The number of hydrogen-bond acceptors (Lipinski definition) is 5. The Hall–Kier alpha value is -2.63. The van der Waals surface area contributed by atoms with Gasteiger partial charge in [0.1, 0.15) is 17.3 Å². The first-order valence-electron chi connectivity index (χ1n) is 7.28. The standard InChI is InChI=1S/C16H18N4O2/c1-10-2-6-14(21)13(19-10)9-17-12-5-7-15(18-8-12)20-16(22)11-3-4-11/h2,5-8,11,17,21H,3-4,9H2,1H3,(H,18,20,22). The van der Waals surface area contributed by atoms with Gasteiger partial charge in [0.2, 0.25) is 5.91 Å². The zero-order valence-electron chi connectivity index (χ0n) is 12.3. The van der Waals surface area contributed by atoms with Crippen molar-refractivity contribution in [2.75, 3.05) is 10.6 Å². The molecule has 0 aliphatic heterocycles. The molecule has 3 N–H and O–H groups in total. The Balaban J connectivity index is 1.58. The summed E-state index contributed by atoms with van der Waals surface area (Å²) in [6, 6.07) is 6.99. The van der Waals surface area contributed by atoms with E-state index >= 15 is 0 Å². The predicted molar refractivity (Wildman–Crippen MR) is 83.6 cm³/mol. The van der Waals surface area contributed by atoms with Gasteiger partial charge in [-0.05, 0) is 44.0 Å². The van der Waals surface area contributed by atoms with Crippen LogP contribution < -0.4 is 10.6 Å². The van der Waals surface area contributed by atoms with E-state index in [0.717, 1.165) is 24.2 Å². The van der Waals surface area contributed by atoms with Crippen LogP contribution in [0.3, 0.4) is 0 Å². The summed E-state index contributed by atoms with van der Waals surface area (Å²) >= 11 is 0. The van der Waals surface area contributed by atoms with Crippen molar-refractivity contribution >= 4 is 17.4 Å². The van der Waals surface area contributed by atoms with Crippen LogP contribution in [0.4, 0.5) is 11.5 Å². The smallest absolute Gasteiger partial charge is 0.228 e. The molecule has 2 heterocycles. The Kier molecular flexibility index (Phi) is 3.91. The zero-order chi connectivity index (χ0) is 15.5. The molecule has 0 spiro atoms. The maximum Gasteiger partial charge on any atom is 0.228 e. The number of pyridine rings is 2. The Morgan fingerprint density at radius 3 is 2.82 bits per heavy atom. The van der Waals surface area contributed by atoms with Crippen LogP contribution in [0.15, 0.2) is 30.5 Å². The van der Waals surface area contributed by atoms with Gasteiger partial charge in [-0.25, -0.2) is 4.98 Å². The predicted octanol–water partition coefficient (Wildman–Crippen LogP) is 2.45. The minimum atomic E-state index is 0.0436. The molecule has 0 bridgehead atoms. The molecule has 22 heavy (non-hydrogen) atoms. The molecule has 1 aliphatic carbocycles. The first-order valence-corrected chi connectivity index (χ1v) is 7.28. The first kappa shape index (κ1) is 14.3. The lowest BCUT2D eigenvalue weighted by atomic mass is 10.2. The van der Waals surface area contributed by atoms with Crippen LogP contribution in [0.25, 0.3) is 0 Å². The third kappa shape index (κ3) is 3.52. The second-order valence-corrected chi connectivity index (χ2v) is 5.47. The van der Waals surface area contributed by atoms with Gasteiger partial charge >= 0.3 is 0 Å². The Morgan fingerprint density at radius 2 is 2.14 bits per heavy atom. The van der Waals surface area contributed by atoms with E-state index in [0.29, 0.717) is 18.1 Å². The van der Waals surface area contributed by atoms with E-state index in [4.69, 9.17) is 0 Å². The van der Waals surface area contributed by atoms with Crippen molar-refractivity contribution < 1.29 is 9.90 Å². The van der Waals surface area contributed by atoms with E-state index in [-0.39, 0.29) is 17.6 Å². The van der Waals surface area contributed by atoms with Gasteiger partial charge < -0.3 is 15.7 Å². The number of carbonyl (C=O) groups excluding carboxylic acids is 1. The molecule has 1 amide bonds. The molecular formula is C16H18N4O2. The topological polar surface area (TPSA) is 87.1 Å². The highest BCUT2D eigenvalue weighted by Gasteiger charge is 2.29. The molecule has 114 valence electrons. The first-order chi connectivity index (χ1) is 10.6. The summed E-state index contributed by atoms with van der Waals surface area (Å²) in [5.74, 6) is 0.926. The second-order valence-electron chi connectivity index (χ2n) is 5.47. The SMILES string of the molecule is Cc1ccc(O)c(CNc2ccc(NC(=O)C3CC3)nc2)n1. The highest BCUT2D eigenvalue weighted by molar-refractivity contribution is 5.93. The average Bonchev–Trinajstić information content (AvgIpc) is 3.34. The number of rotatable bonds is 5. The molecule has 6 heteroatoms. The molecule has 1 aliphatic rings. The number of nitrogens with one attached hydrogen (secondary N) is 2. The van der Waals surface area contributed by atoms with Crippen molar-refractivity contribution in [3.05, 3.63) is 41.9 Å². The van der Waals surface area contributed by atoms with Gasteiger partial charge in [0.05, 0.1) is 18.4 Å². The average molecular weight is 298 g/mol. The van der Waals surface area contributed by atoms with Crippen LogP contribution >= 0.6 is 0 Å².